The molecule has 2 aromatic rings. The summed E-state index contributed by atoms with van der Waals surface area (Å²) >= 11 is 0. The summed E-state index contributed by atoms with van der Waals surface area (Å²) in [4.78, 5) is 26.3. The van der Waals surface area contributed by atoms with E-state index in [2.05, 4.69) is 5.32 Å². The van der Waals surface area contributed by atoms with Crippen LogP contribution in [0.3, 0.4) is 0 Å². The number of hydrogen-bond acceptors (Lipinski definition) is 5. The van der Waals surface area contributed by atoms with Gasteiger partial charge in [0.1, 0.15) is 0 Å². The van der Waals surface area contributed by atoms with Crippen LogP contribution in [0.4, 0.5) is 5.69 Å². The smallest absolute Gasteiger partial charge is 0.243 e. The fourth-order valence-electron chi connectivity index (χ4n) is 4.07. The molecule has 0 saturated carbocycles. The van der Waals surface area contributed by atoms with Crippen molar-refractivity contribution in [2.24, 2.45) is 0 Å². The van der Waals surface area contributed by atoms with Crippen molar-refractivity contribution in [2.45, 2.75) is 37.1 Å². The summed E-state index contributed by atoms with van der Waals surface area (Å²) in [5, 5.41) is 2.92. The van der Waals surface area contributed by atoms with Crippen molar-refractivity contribution in [3.05, 3.63) is 59.7 Å². The highest BCUT2D eigenvalue weighted by Crippen LogP contribution is 2.22. The number of nitrogens with zero attached hydrogens (tertiary/aromatic N) is 2. The molecule has 0 atom stereocenters. The fourth-order valence-corrected chi connectivity index (χ4v) is 5.47. The minimum atomic E-state index is -3.51. The standard InChI is InChI=1S/C24H29N3O5S/c28-23(25-18-20-3-1-4-21(17-20)27-12-2-5-24(27)29)11-8-19-6-9-22(10-7-19)33(30,31)26-13-15-32-16-14-26/h1,3-4,6-7,9-10,17H,2,5,8,11-16,18H2,(H,25,28). The van der Waals surface area contributed by atoms with E-state index in [4.69, 9.17) is 4.74 Å². The van der Waals surface area contributed by atoms with E-state index in [1.807, 2.05) is 24.3 Å². The number of carbonyl (C=O) groups is 2. The Kier molecular flexibility index (Phi) is 7.42. The van der Waals surface area contributed by atoms with Gasteiger partial charge in [-0.15, -0.1) is 0 Å². The number of aryl methyl sites for hydroxylation is 1. The van der Waals surface area contributed by atoms with Crippen LogP contribution < -0.4 is 10.2 Å². The first-order valence-corrected chi connectivity index (χ1v) is 12.7. The number of amides is 2. The van der Waals surface area contributed by atoms with Gasteiger partial charge in [0.15, 0.2) is 0 Å². The number of morpholine rings is 1. The zero-order valence-corrected chi connectivity index (χ0v) is 19.4. The lowest BCUT2D eigenvalue weighted by molar-refractivity contribution is -0.121. The normalized spacial score (nSPS) is 17.3. The molecule has 4 rings (SSSR count). The van der Waals surface area contributed by atoms with E-state index in [1.54, 1.807) is 29.2 Å². The molecule has 0 radical (unpaired) electrons. The van der Waals surface area contributed by atoms with E-state index >= 15 is 0 Å². The minimum Gasteiger partial charge on any atom is -0.379 e. The molecule has 2 amide bonds. The minimum absolute atomic E-state index is 0.0809. The van der Waals surface area contributed by atoms with Gasteiger partial charge in [0.05, 0.1) is 18.1 Å². The lowest BCUT2D eigenvalue weighted by Gasteiger charge is -2.26. The molecule has 0 unspecified atom stereocenters. The third-order valence-electron chi connectivity index (χ3n) is 5.96. The van der Waals surface area contributed by atoms with Crippen LogP contribution >= 0.6 is 0 Å². The molecule has 0 spiro atoms. The number of sulfonamides is 1. The van der Waals surface area contributed by atoms with E-state index in [9.17, 15) is 18.0 Å². The Morgan fingerprint density at radius 2 is 1.76 bits per heavy atom. The molecular formula is C24H29N3O5S. The maximum Gasteiger partial charge on any atom is 0.243 e. The first-order chi connectivity index (χ1) is 15.9. The molecule has 176 valence electrons. The molecule has 0 aromatic heterocycles. The van der Waals surface area contributed by atoms with E-state index in [0.29, 0.717) is 52.1 Å². The largest absolute Gasteiger partial charge is 0.379 e. The zero-order chi connectivity index (χ0) is 23.3. The Labute approximate surface area is 194 Å². The van der Waals surface area contributed by atoms with Gasteiger partial charge in [-0.05, 0) is 48.2 Å². The van der Waals surface area contributed by atoms with Gasteiger partial charge in [0.2, 0.25) is 21.8 Å². The van der Waals surface area contributed by atoms with Crippen LogP contribution in [-0.2, 0) is 37.3 Å². The van der Waals surface area contributed by atoms with Crippen LogP contribution in [0.1, 0.15) is 30.4 Å². The Bertz CT molecular complexity index is 1100. The number of rotatable bonds is 8. The molecule has 0 aliphatic carbocycles. The van der Waals surface area contributed by atoms with E-state index in [-0.39, 0.29) is 16.7 Å². The molecule has 2 saturated heterocycles. The summed E-state index contributed by atoms with van der Waals surface area (Å²) in [6, 6.07) is 14.4. The van der Waals surface area contributed by atoms with Crippen LogP contribution in [0.5, 0.6) is 0 Å². The Balaban J connectivity index is 1.27. The van der Waals surface area contributed by atoms with Crippen molar-refractivity contribution < 1.29 is 22.7 Å². The summed E-state index contributed by atoms with van der Waals surface area (Å²) in [5.41, 5.74) is 2.72. The van der Waals surface area contributed by atoms with Gasteiger partial charge in [0, 0.05) is 44.7 Å². The second kappa shape index (κ2) is 10.5. The van der Waals surface area contributed by atoms with Gasteiger partial charge < -0.3 is 15.0 Å². The summed E-state index contributed by atoms with van der Waals surface area (Å²) in [6.07, 6.45) is 2.28. The van der Waals surface area contributed by atoms with Crippen LogP contribution in [0, 0.1) is 0 Å². The van der Waals surface area contributed by atoms with Crippen molar-refractivity contribution in [1.29, 1.82) is 0 Å². The maximum absolute atomic E-state index is 12.7. The molecule has 2 aliphatic heterocycles. The maximum atomic E-state index is 12.7. The van der Waals surface area contributed by atoms with Crippen molar-refractivity contribution >= 4 is 27.5 Å². The average Bonchev–Trinajstić information content (AvgIpc) is 3.28. The van der Waals surface area contributed by atoms with E-state index in [1.165, 1.54) is 4.31 Å². The Morgan fingerprint density at radius 3 is 2.45 bits per heavy atom. The molecule has 2 fully saturated rings. The van der Waals surface area contributed by atoms with Crippen LogP contribution in [0.25, 0.3) is 0 Å². The SMILES string of the molecule is O=C(CCc1ccc(S(=O)(=O)N2CCOCC2)cc1)NCc1cccc(N2CCCC2=O)c1. The molecule has 8 nitrogen and oxygen atoms in total. The van der Waals surface area contributed by atoms with E-state index in [0.717, 1.165) is 29.8 Å². The molecular weight excluding hydrogens is 442 g/mol. The summed E-state index contributed by atoms with van der Waals surface area (Å²) < 4.78 is 32.1. The number of ether oxygens (including phenoxy) is 1. The predicted octanol–water partition coefficient (Wildman–Crippen LogP) is 2.08. The quantitative estimate of drug-likeness (QED) is 0.636. The molecule has 2 heterocycles. The molecule has 2 aliphatic rings. The number of nitrogens with one attached hydrogen (secondary N) is 1. The third-order valence-corrected chi connectivity index (χ3v) is 7.87. The fraction of sp³-hybridized carbons (Fsp3) is 0.417. The van der Waals surface area contributed by atoms with Crippen molar-refractivity contribution in [3.8, 4) is 0 Å². The molecule has 33 heavy (non-hydrogen) atoms. The van der Waals surface area contributed by atoms with Gasteiger partial charge in [-0.2, -0.15) is 4.31 Å². The van der Waals surface area contributed by atoms with Crippen molar-refractivity contribution in [3.63, 3.8) is 0 Å². The van der Waals surface area contributed by atoms with E-state index < -0.39 is 10.0 Å². The first kappa shape index (κ1) is 23.4. The molecule has 9 heteroatoms. The second-order valence-corrected chi connectivity index (χ2v) is 10.2. The first-order valence-electron chi connectivity index (χ1n) is 11.3. The van der Waals surface area contributed by atoms with Crippen LogP contribution in [-0.4, -0.2) is 57.4 Å². The van der Waals surface area contributed by atoms with Crippen molar-refractivity contribution in [2.75, 3.05) is 37.7 Å². The molecule has 2 aromatic carbocycles. The number of hydrogen-bond donors (Lipinski definition) is 1. The summed E-state index contributed by atoms with van der Waals surface area (Å²) in [5.74, 6) is 0.0580. The van der Waals surface area contributed by atoms with Gasteiger partial charge in [-0.25, -0.2) is 8.42 Å². The summed E-state index contributed by atoms with van der Waals surface area (Å²) in [7, 11) is -3.51. The number of benzene rings is 2. The van der Waals surface area contributed by atoms with Gasteiger partial charge in [0.25, 0.3) is 0 Å². The van der Waals surface area contributed by atoms with Gasteiger partial charge >= 0.3 is 0 Å². The Morgan fingerprint density at radius 1 is 1.00 bits per heavy atom. The van der Waals surface area contributed by atoms with Gasteiger partial charge in [-0.3, -0.25) is 9.59 Å². The predicted molar refractivity (Wildman–Crippen MR) is 124 cm³/mol. The zero-order valence-electron chi connectivity index (χ0n) is 18.5. The number of anilines is 1. The summed E-state index contributed by atoms with van der Waals surface area (Å²) in [6.45, 7) is 2.68. The topological polar surface area (TPSA) is 96.0 Å². The van der Waals surface area contributed by atoms with Crippen LogP contribution in [0.15, 0.2) is 53.4 Å². The third kappa shape index (κ3) is 5.79. The number of carbonyl (C=O) groups excluding carboxylic acids is 2. The second-order valence-electron chi connectivity index (χ2n) is 8.26. The lowest BCUT2D eigenvalue weighted by atomic mass is 10.1. The van der Waals surface area contributed by atoms with Crippen molar-refractivity contribution in [1.82, 2.24) is 9.62 Å². The average molecular weight is 472 g/mol. The highest BCUT2D eigenvalue weighted by atomic mass is 32.2. The van der Waals surface area contributed by atoms with Gasteiger partial charge in [-0.1, -0.05) is 24.3 Å². The molecule has 0 bridgehead atoms. The van der Waals surface area contributed by atoms with Crippen LogP contribution in [0.2, 0.25) is 0 Å². The Hall–Kier alpha value is -2.75. The highest BCUT2D eigenvalue weighted by molar-refractivity contribution is 7.89. The monoisotopic (exact) mass is 471 g/mol. The lowest BCUT2D eigenvalue weighted by Crippen LogP contribution is -2.40. The highest BCUT2D eigenvalue weighted by Gasteiger charge is 2.26. The molecule has 1 N–H and O–H groups in total.